The summed E-state index contributed by atoms with van der Waals surface area (Å²) in [7, 11) is 0. The molecule has 9 nitrogen and oxygen atoms in total. The van der Waals surface area contributed by atoms with Gasteiger partial charge in [0.25, 0.3) is 0 Å². The number of hydrogen-bond donors (Lipinski definition) is 4. The van der Waals surface area contributed by atoms with E-state index >= 15 is 0 Å². The third-order valence-electron chi connectivity index (χ3n) is 9.29. The van der Waals surface area contributed by atoms with Crippen molar-refractivity contribution in [2.45, 2.75) is 86.9 Å². The van der Waals surface area contributed by atoms with E-state index in [0.29, 0.717) is 47.2 Å². The van der Waals surface area contributed by atoms with E-state index < -0.39 is 0 Å². The lowest BCUT2D eigenvalue weighted by atomic mass is 9.94. The highest BCUT2D eigenvalue weighted by atomic mass is 35.5. The molecule has 1 aliphatic carbocycles. The molecule has 302 valence electrons. The van der Waals surface area contributed by atoms with Gasteiger partial charge in [0.2, 0.25) is 0 Å². The number of benzene rings is 4. The zero-order chi connectivity index (χ0) is 40.7. The first-order valence-electron chi connectivity index (χ1n) is 19.4. The van der Waals surface area contributed by atoms with Crippen molar-refractivity contribution in [1.82, 2.24) is 0 Å². The maximum absolute atomic E-state index is 12.6. The van der Waals surface area contributed by atoms with Crippen LogP contribution in [0, 0.1) is 0 Å². The zero-order valence-corrected chi connectivity index (χ0v) is 35.6. The van der Waals surface area contributed by atoms with Gasteiger partial charge < -0.3 is 37.0 Å². The van der Waals surface area contributed by atoms with Gasteiger partial charge in [-0.1, -0.05) is 18.2 Å². The Labute approximate surface area is 342 Å². The molecule has 0 saturated heterocycles. The molecular formula is C46H64ClN7O2. The minimum Gasteiger partial charge on any atom is -0.508 e. The summed E-state index contributed by atoms with van der Waals surface area (Å²) in [5, 5.41) is 8.73. The molecule has 0 heterocycles. The van der Waals surface area contributed by atoms with Gasteiger partial charge in [0, 0.05) is 90.3 Å². The van der Waals surface area contributed by atoms with Gasteiger partial charge in [0.1, 0.15) is 5.75 Å². The van der Waals surface area contributed by atoms with E-state index in [2.05, 4.69) is 126 Å². The monoisotopic (exact) mass is 781 g/mol. The van der Waals surface area contributed by atoms with Crippen LogP contribution in [0.3, 0.4) is 0 Å². The van der Waals surface area contributed by atoms with Crippen LogP contribution in [0.25, 0.3) is 0 Å². The summed E-state index contributed by atoms with van der Waals surface area (Å²) in [6, 6.07) is 32.5. The maximum Gasteiger partial charge on any atom is 0.184 e. The van der Waals surface area contributed by atoms with Crippen molar-refractivity contribution in [2.24, 2.45) is 10.7 Å². The Morgan fingerprint density at radius 3 is 1.45 bits per heavy atom. The van der Waals surface area contributed by atoms with Crippen molar-refractivity contribution in [3.63, 3.8) is 0 Å². The Morgan fingerprint density at radius 2 is 1.05 bits per heavy atom. The number of ketones is 1. The lowest BCUT2D eigenvalue weighted by Crippen LogP contribution is -2.30. The highest BCUT2D eigenvalue weighted by Gasteiger charge is 2.18. The first-order chi connectivity index (χ1) is 26.2. The molecule has 56 heavy (non-hydrogen) atoms. The molecule has 4 aromatic rings. The summed E-state index contributed by atoms with van der Waals surface area (Å²) in [4.78, 5) is 24.4. The molecule has 4 aromatic carbocycles. The molecule has 1 aliphatic rings. The fraction of sp³-hybridized carbons (Fsp3) is 0.348. The SMILES string of the molecule is CCN(c1ccc(CC2=CC(=Nc3ccc(N(CC)C(C)C)cc3)C(N)=CC2=O)cc1)C(C)C.CCN(c1ccc(N)cc1)C(C)C.Cl.Nc1cccc(O)c1. The van der Waals surface area contributed by atoms with E-state index in [1.165, 1.54) is 29.2 Å². The third-order valence-corrected chi connectivity index (χ3v) is 9.29. The van der Waals surface area contributed by atoms with Crippen LogP contribution in [0.5, 0.6) is 5.75 Å². The average Bonchev–Trinajstić information content (AvgIpc) is 3.13. The van der Waals surface area contributed by atoms with Crippen LogP contribution in [0.1, 0.15) is 67.9 Å². The number of nitrogens with zero attached hydrogens (tertiary/aromatic N) is 4. The second-order valence-electron chi connectivity index (χ2n) is 14.3. The van der Waals surface area contributed by atoms with Crippen LogP contribution < -0.4 is 31.9 Å². The number of hydrogen-bond acceptors (Lipinski definition) is 9. The van der Waals surface area contributed by atoms with Gasteiger partial charge in [0.05, 0.1) is 17.1 Å². The molecular weight excluding hydrogens is 718 g/mol. The molecule has 0 bridgehead atoms. The van der Waals surface area contributed by atoms with Gasteiger partial charge in [-0.3, -0.25) is 4.79 Å². The maximum atomic E-state index is 12.6. The zero-order valence-electron chi connectivity index (χ0n) is 34.7. The van der Waals surface area contributed by atoms with Crippen LogP contribution in [-0.2, 0) is 11.2 Å². The molecule has 7 N–H and O–H groups in total. The number of carbonyl (C=O) groups is 1. The number of halogens is 1. The normalized spacial score (nSPS) is 12.9. The molecule has 0 aromatic heterocycles. The lowest BCUT2D eigenvalue weighted by Gasteiger charge is -2.27. The van der Waals surface area contributed by atoms with Crippen LogP contribution in [0.15, 0.2) is 125 Å². The highest BCUT2D eigenvalue weighted by molar-refractivity contribution is 6.22. The van der Waals surface area contributed by atoms with Crippen LogP contribution in [0.4, 0.5) is 34.1 Å². The number of allylic oxidation sites excluding steroid dienone is 3. The minimum atomic E-state index is -0.0521. The number of aromatic hydroxyl groups is 1. The van der Waals surface area contributed by atoms with Gasteiger partial charge >= 0.3 is 0 Å². The largest absolute Gasteiger partial charge is 0.508 e. The van der Waals surface area contributed by atoms with Crippen molar-refractivity contribution in [1.29, 1.82) is 0 Å². The van der Waals surface area contributed by atoms with Crippen LogP contribution in [-0.4, -0.2) is 54.4 Å². The smallest absolute Gasteiger partial charge is 0.184 e. The number of anilines is 5. The predicted octanol–water partition coefficient (Wildman–Crippen LogP) is 9.72. The van der Waals surface area contributed by atoms with Gasteiger partial charge in [-0.2, -0.15) is 0 Å². The van der Waals surface area contributed by atoms with Gasteiger partial charge in [-0.15, -0.1) is 12.4 Å². The van der Waals surface area contributed by atoms with Crippen LogP contribution >= 0.6 is 12.4 Å². The second-order valence-corrected chi connectivity index (χ2v) is 14.3. The van der Waals surface area contributed by atoms with Crippen molar-refractivity contribution in [2.75, 3.05) is 45.8 Å². The van der Waals surface area contributed by atoms with Crippen molar-refractivity contribution in [3.8, 4) is 5.75 Å². The van der Waals surface area contributed by atoms with E-state index in [1.54, 1.807) is 18.2 Å². The average molecular weight is 783 g/mol. The first-order valence-corrected chi connectivity index (χ1v) is 19.4. The molecule has 0 aliphatic heterocycles. The van der Waals surface area contributed by atoms with Crippen LogP contribution in [0.2, 0.25) is 0 Å². The van der Waals surface area contributed by atoms with E-state index in [0.717, 1.165) is 36.6 Å². The standard InChI is InChI=1S/C29H38N4O.C11H18N2.C6H7NO.ClH/c1-7-32(20(3)4)25-13-9-22(10-14-25)17-23-18-28(27(30)19-29(23)34)31-24-11-15-26(16-12-24)33(8-2)21(5)6;1-4-13(9(2)3)11-7-5-10(12)6-8-11;7-5-2-1-3-6(8)4-5;/h9-16,18-21H,7-8,17,30H2,1-6H3;5-9H,4,12H2,1-3H3;1-4,8H,7H2;1H. The number of phenols is 1. The summed E-state index contributed by atoms with van der Waals surface area (Å²) in [5.74, 6) is 0.161. The molecule has 0 saturated carbocycles. The second kappa shape index (κ2) is 22.8. The number of phenolic OH excluding ortho intramolecular Hbond substituents is 1. The fourth-order valence-electron chi connectivity index (χ4n) is 6.47. The van der Waals surface area contributed by atoms with Gasteiger partial charge in [0.15, 0.2) is 5.78 Å². The summed E-state index contributed by atoms with van der Waals surface area (Å²) in [5.41, 5.74) is 25.7. The number of rotatable bonds is 12. The number of nitrogens with two attached hydrogens (primary N) is 3. The lowest BCUT2D eigenvalue weighted by molar-refractivity contribution is -0.111. The molecule has 0 radical (unpaired) electrons. The Hall–Kier alpha value is -5.41. The highest BCUT2D eigenvalue weighted by Crippen LogP contribution is 2.25. The van der Waals surface area contributed by atoms with Gasteiger partial charge in [-0.05, 0) is 147 Å². The number of aliphatic imine (C=N–C) groups is 1. The third kappa shape index (κ3) is 14.0. The first kappa shape index (κ1) is 46.7. The molecule has 0 fully saturated rings. The molecule has 5 rings (SSSR count). The topological polar surface area (TPSA) is 137 Å². The number of nitrogen functional groups attached to an aromatic ring is 2. The minimum absolute atomic E-state index is 0. The summed E-state index contributed by atoms with van der Waals surface area (Å²) in [6.45, 7) is 22.6. The molecule has 0 atom stereocenters. The summed E-state index contributed by atoms with van der Waals surface area (Å²) >= 11 is 0. The Kier molecular flexibility index (Phi) is 19.1. The Morgan fingerprint density at radius 1 is 0.607 bits per heavy atom. The molecule has 0 spiro atoms. The molecule has 0 amide bonds. The van der Waals surface area contributed by atoms with E-state index in [9.17, 15) is 4.79 Å². The Balaban J connectivity index is 0.000000400. The Bertz CT molecular complexity index is 1870. The fourth-order valence-corrected chi connectivity index (χ4v) is 6.47. The van der Waals surface area contributed by atoms with E-state index in [1.807, 2.05) is 30.3 Å². The van der Waals surface area contributed by atoms with Gasteiger partial charge in [-0.25, -0.2) is 4.99 Å². The summed E-state index contributed by atoms with van der Waals surface area (Å²) in [6.07, 6.45) is 3.87. The summed E-state index contributed by atoms with van der Waals surface area (Å²) < 4.78 is 0. The van der Waals surface area contributed by atoms with E-state index in [4.69, 9.17) is 27.3 Å². The number of carbonyl (C=O) groups excluding carboxylic acids is 1. The molecule has 0 unspecified atom stereocenters. The van der Waals surface area contributed by atoms with Crippen molar-refractivity contribution >= 4 is 58.0 Å². The molecule has 10 heteroatoms. The quantitative estimate of drug-likeness (QED) is 0.0824. The van der Waals surface area contributed by atoms with Crippen molar-refractivity contribution < 1.29 is 9.90 Å². The van der Waals surface area contributed by atoms with Crippen molar-refractivity contribution in [3.05, 3.63) is 126 Å². The predicted molar refractivity (Wildman–Crippen MR) is 244 cm³/mol. The van der Waals surface area contributed by atoms with E-state index in [-0.39, 0.29) is 23.9 Å².